The number of rotatable bonds is 3. The maximum atomic E-state index is 5.43. The number of aryl methyl sites for hydroxylation is 2. The molecule has 2 saturated heterocycles. The van der Waals surface area contributed by atoms with Crippen molar-refractivity contribution in [3.63, 3.8) is 0 Å². The minimum absolute atomic E-state index is 0.669. The molecule has 21 heavy (non-hydrogen) atoms. The van der Waals surface area contributed by atoms with Gasteiger partial charge in [0.15, 0.2) is 0 Å². The zero-order valence-electron chi connectivity index (χ0n) is 13.9. The number of benzene rings is 1. The van der Waals surface area contributed by atoms with Crippen LogP contribution in [0.1, 0.15) is 36.5 Å². The van der Waals surface area contributed by atoms with Gasteiger partial charge in [-0.05, 0) is 62.9 Å². The summed E-state index contributed by atoms with van der Waals surface area (Å²) in [5.74, 6) is 1.00. The third-order valence-electron chi connectivity index (χ3n) is 5.45. The molecule has 2 fully saturated rings. The summed E-state index contributed by atoms with van der Waals surface area (Å²) in [6, 6.07) is 5.93. The lowest BCUT2D eigenvalue weighted by molar-refractivity contribution is 0.0469. The molecule has 2 atom stereocenters. The van der Waals surface area contributed by atoms with E-state index in [9.17, 15) is 0 Å². The van der Waals surface area contributed by atoms with Crippen molar-refractivity contribution >= 4 is 0 Å². The number of methoxy groups -OCH3 is 1. The fraction of sp³-hybridized carbons (Fsp3) is 0.667. The van der Waals surface area contributed by atoms with Crippen molar-refractivity contribution in [1.82, 2.24) is 9.80 Å². The van der Waals surface area contributed by atoms with Crippen LogP contribution in [0, 0.1) is 13.8 Å². The van der Waals surface area contributed by atoms with E-state index < -0.39 is 0 Å². The lowest BCUT2D eigenvalue weighted by atomic mass is 9.99. The molecule has 3 rings (SSSR count). The zero-order valence-corrected chi connectivity index (χ0v) is 13.9. The molecule has 3 nitrogen and oxygen atoms in total. The van der Waals surface area contributed by atoms with E-state index in [1.54, 1.807) is 7.11 Å². The van der Waals surface area contributed by atoms with Crippen molar-refractivity contribution in [3.05, 3.63) is 28.8 Å². The molecule has 116 valence electrons. The first-order chi connectivity index (χ1) is 10.1. The molecule has 0 spiro atoms. The Kier molecular flexibility index (Phi) is 4.23. The maximum absolute atomic E-state index is 5.43. The Balaban J connectivity index is 1.76. The quantitative estimate of drug-likeness (QED) is 0.850. The van der Waals surface area contributed by atoms with Gasteiger partial charge in [-0.3, -0.25) is 9.80 Å². The number of nitrogens with zero attached hydrogens (tertiary/aromatic N) is 2. The molecule has 0 radical (unpaired) electrons. The van der Waals surface area contributed by atoms with Gasteiger partial charge in [-0.25, -0.2) is 0 Å². The van der Waals surface area contributed by atoms with E-state index in [4.69, 9.17) is 4.74 Å². The third-order valence-corrected chi connectivity index (χ3v) is 5.45. The highest BCUT2D eigenvalue weighted by Gasteiger charge is 2.36. The van der Waals surface area contributed by atoms with Crippen molar-refractivity contribution in [1.29, 1.82) is 0 Å². The second-order valence-electron chi connectivity index (χ2n) is 6.70. The Labute approximate surface area is 128 Å². The van der Waals surface area contributed by atoms with Gasteiger partial charge in [0, 0.05) is 31.7 Å². The van der Waals surface area contributed by atoms with Crippen LogP contribution in [0.3, 0.4) is 0 Å². The molecular formula is C18H28N2O. The van der Waals surface area contributed by atoms with Crippen molar-refractivity contribution in [2.75, 3.05) is 26.7 Å². The lowest BCUT2D eigenvalue weighted by Crippen LogP contribution is -2.55. The van der Waals surface area contributed by atoms with Gasteiger partial charge in [0.1, 0.15) is 5.75 Å². The second kappa shape index (κ2) is 5.98. The Bertz CT molecular complexity index is 514. The van der Waals surface area contributed by atoms with Crippen LogP contribution in [-0.2, 0) is 6.54 Å². The first-order valence-electron chi connectivity index (χ1n) is 8.22. The van der Waals surface area contributed by atoms with Crippen molar-refractivity contribution < 1.29 is 4.74 Å². The van der Waals surface area contributed by atoms with Crippen LogP contribution in [0.2, 0.25) is 0 Å². The number of ether oxygens (including phenoxy) is 1. The average molecular weight is 288 g/mol. The summed E-state index contributed by atoms with van der Waals surface area (Å²) in [5, 5.41) is 0. The first kappa shape index (κ1) is 14.9. The molecule has 2 aliphatic rings. The van der Waals surface area contributed by atoms with Gasteiger partial charge in [0.25, 0.3) is 0 Å². The van der Waals surface area contributed by atoms with Gasteiger partial charge < -0.3 is 4.74 Å². The van der Waals surface area contributed by atoms with Crippen molar-refractivity contribution in [2.24, 2.45) is 0 Å². The highest BCUT2D eigenvalue weighted by atomic mass is 16.5. The molecule has 1 aromatic carbocycles. The Morgan fingerprint density at radius 3 is 2.71 bits per heavy atom. The van der Waals surface area contributed by atoms with Crippen LogP contribution < -0.4 is 4.74 Å². The molecule has 0 unspecified atom stereocenters. The van der Waals surface area contributed by atoms with Gasteiger partial charge in [-0.1, -0.05) is 6.07 Å². The summed E-state index contributed by atoms with van der Waals surface area (Å²) in [5.41, 5.74) is 4.04. The molecule has 0 N–H and O–H groups in total. The van der Waals surface area contributed by atoms with Crippen LogP contribution in [0.15, 0.2) is 12.1 Å². The SMILES string of the molecule is COc1cc(C)c(CN2CCN3CCC[C@H]3[C@H]2C)cc1C. The van der Waals surface area contributed by atoms with Gasteiger partial charge in [0.05, 0.1) is 7.11 Å². The second-order valence-corrected chi connectivity index (χ2v) is 6.70. The van der Waals surface area contributed by atoms with E-state index in [1.807, 2.05) is 0 Å². The lowest BCUT2D eigenvalue weighted by Gasteiger charge is -2.43. The maximum Gasteiger partial charge on any atom is 0.122 e. The predicted molar refractivity (Wildman–Crippen MR) is 86.9 cm³/mol. The minimum atomic E-state index is 0.669. The van der Waals surface area contributed by atoms with E-state index >= 15 is 0 Å². The van der Waals surface area contributed by atoms with E-state index in [2.05, 4.69) is 42.7 Å². The normalized spacial score (nSPS) is 26.9. The van der Waals surface area contributed by atoms with Crippen molar-refractivity contribution in [2.45, 2.75) is 52.2 Å². The molecule has 0 amide bonds. The minimum Gasteiger partial charge on any atom is -0.496 e. The molecular weight excluding hydrogens is 260 g/mol. The summed E-state index contributed by atoms with van der Waals surface area (Å²) in [7, 11) is 1.75. The van der Waals surface area contributed by atoms with Crippen LogP contribution in [0.25, 0.3) is 0 Å². The number of fused-ring (bicyclic) bond motifs is 1. The smallest absolute Gasteiger partial charge is 0.122 e. The number of hydrogen-bond donors (Lipinski definition) is 0. The molecule has 3 heteroatoms. The van der Waals surface area contributed by atoms with Crippen LogP contribution >= 0.6 is 0 Å². The largest absolute Gasteiger partial charge is 0.496 e. The molecule has 0 aromatic heterocycles. The van der Waals surface area contributed by atoms with E-state index in [1.165, 1.54) is 49.2 Å². The number of piperazine rings is 1. The van der Waals surface area contributed by atoms with Gasteiger partial charge in [0.2, 0.25) is 0 Å². The molecule has 0 bridgehead atoms. The van der Waals surface area contributed by atoms with Crippen molar-refractivity contribution in [3.8, 4) is 5.75 Å². The molecule has 2 aliphatic heterocycles. The molecule has 0 aliphatic carbocycles. The fourth-order valence-electron chi connectivity index (χ4n) is 4.06. The summed E-state index contributed by atoms with van der Waals surface area (Å²) in [4.78, 5) is 5.36. The third kappa shape index (κ3) is 2.82. The summed E-state index contributed by atoms with van der Waals surface area (Å²) >= 11 is 0. The first-order valence-corrected chi connectivity index (χ1v) is 8.22. The molecule has 1 aromatic rings. The highest BCUT2D eigenvalue weighted by Crippen LogP contribution is 2.29. The molecule has 0 saturated carbocycles. The molecule has 2 heterocycles. The Morgan fingerprint density at radius 2 is 1.95 bits per heavy atom. The standard InChI is InChI=1S/C18H28N2O/c1-13-11-18(21-4)14(2)10-16(13)12-20-9-8-19-7-5-6-17(19)15(20)3/h10-11,15,17H,5-9,12H2,1-4H3/t15-,17+/m1/s1. The van der Waals surface area contributed by atoms with Gasteiger partial charge >= 0.3 is 0 Å². The summed E-state index contributed by atoms with van der Waals surface area (Å²) in [6.07, 6.45) is 2.75. The van der Waals surface area contributed by atoms with E-state index in [0.717, 1.165) is 18.3 Å². The van der Waals surface area contributed by atoms with E-state index in [0.29, 0.717) is 6.04 Å². The Morgan fingerprint density at radius 1 is 1.14 bits per heavy atom. The van der Waals surface area contributed by atoms with E-state index in [-0.39, 0.29) is 0 Å². The van der Waals surface area contributed by atoms with Gasteiger partial charge in [-0.2, -0.15) is 0 Å². The number of hydrogen-bond acceptors (Lipinski definition) is 3. The zero-order chi connectivity index (χ0) is 15.0. The van der Waals surface area contributed by atoms with Crippen LogP contribution in [0.5, 0.6) is 5.75 Å². The van der Waals surface area contributed by atoms with Crippen LogP contribution in [-0.4, -0.2) is 48.6 Å². The summed E-state index contributed by atoms with van der Waals surface area (Å²) < 4.78 is 5.43. The topological polar surface area (TPSA) is 15.7 Å². The van der Waals surface area contributed by atoms with Crippen LogP contribution in [0.4, 0.5) is 0 Å². The highest BCUT2D eigenvalue weighted by molar-refractivity contribution is 5.41. The summed E-state index contributed by atoms with van der Waals surface area (Å²) in [6.45, 7) is 11.6. The average Bonchev–Trinajstić information content (AvgIpc) is 2.94. The predicted octanol–water partition coefficient (Wildman–Crippen LogP) is 2.98. The fourth-order valence-corrected chi connectivity index (χ4v) is 4.06. The Hall–Kier alpha value is -1.06. The monoisotopic (exact) mass is 288 g/mol. The van der Waals surface area contributed by atoms with Gasteiger partial charge in [-0.15, -0.1) is 0 Å².